The molecule has 0 spiro atoms. The molecule has 50 heavy (non-hydrogen) atoms. The molecular formula is C37H33N4O7PS. The summed E-state index contributed by atoms with van der Waals surface area (Å²) in [6.45, 7) is -2.19. The lowest BCUT2D eigenvalue weighted by Gasteiger charge is -2.49. The van der Waals surface area contributed by atoms with Crippen LogP contribution in [0.25, 0.3) is 0 Å². The zero-order valence-electron chi connectivity index (χ0n) is 27.1. The Hall–Kier alpha value is -5.45. The average molecular weight is 709 g/mol. The number of hydrogen-bond donors (Lipinski definition) is 1. The Kier molecular flexibility index (Phi) is 10.0. The van der Waals surface area contributed by atoms with E-state index in [1.54, 1.807) is 24.0 Å². The molecule has 11 nitrogen and oxygen atoms in total. The van der Waals surface area contributed by atoms with E-state index in [1.165, 1.54) is 36.1 Å². The van der Waals surface area contributed by atoms with Crippen molar-refractivity contribution in [1.29, 1.82) is 0 Å². The van der Waals surface area contributed by atoms with Crippen LogP contribution in [0.5, 0.6) is 0 Å². The lowest BCUT2D eigenvalue weighted by atomic mass is 9.89. The van der Waals surface area contributed by atoms with Gasteiger partial charge in [-0.25, -0.2) is 4.79 Å². The summed E-state index contributed by atoms with van der Waals surface area (Å²) in [5.41, 5.74) is 0.885. The Morgan fingerprint density at radius 3 is 1.82 bits per heavy atom. The third kappa shape index (κ3) is 6.47. The van der Waals surface area contributed by atoms with Gasteiger partial charge in [0.05, 0.1) is 10.3 Å². The fourth-order valence-corrected chi connectivity index (χ4v) is 11.2. The van der Waals surface area contributed by atoms with Gasteiger partial charge in [0.1, 0.15) is 23.6 Å². The third-order valence-corrected chi connectivity index (χ3v) is 13.2. The number of β-lactam (4-membered cyclic amide) rings is 1. The lowest BCUT2D eigenvalue weighted by molar-refractivity contribution is -0.384. The van der Waals surface area contributed by atoms with E-state index < -0.39 is 47.1 Å². The molecule has 0 bridgehead atoms. The fourth-order valence-electron chi connectivity index (χ4n) is 6.19. The quantitative estimate of drug-likeness (QED) is 0.0529. The predicted octanol–water partition coefficient (Wildman–Crippen LogP) is 4.51. The minimum Gasteiger partial charge on any atom is -0.456 e. The molecule has 0 saturated carbocycles. The Morgan fingerprint density at radius 1 is 0.880 bits per heavy atom. The molecule has 1 saturated heterocycles. The highest BCUT2D eigenvalue weighted by Gasteiger charge is 2.57. The van der Waals surface area contributed by atoms with E-state index >= 15 is 0 Å². The van der Waals surface area contributed by atoms with Crippen molar-refractivity contribution in [3.63, 3.8) is 0 Å². The first-order valence-corrected chi connectivity index (χ1v) is 17.9. The number of thiol groups is 1. The Labute approximate surface area is 294 Å². The number of non-ortho nitro benzene ring substituents is 1. The van der Waals surface area contributed by atoms with Crippen molar-refractivity contribution in [2.45, 2.75) is 25.0 Å². The number of nitrogens with zero attached hydrogens (tertiary/aromatic N) is 4. The van der Waals surface area contributed by atoms with Crippen LogP contribution in [0.15, 0.2) is 128 Å². The van der Waals surface area contributed by atoms with Crippen LogP contribution in [0.1, 0.15) is 24.3 Å². The molecule has 0 aliphatic carbocycles. The van der Waals surface area contributed by atoms with Gasteiger partial charge in [-0.1, -0.05) is 91.0 Å². The molecule has 1 amide bonds. The molecule has 2 heterocycles. The highest BCUT2D eigenvalue weighted by Crippen LogP contribution is 2.51. The van der Waals surface area contributed by atoms with Gasteiger partial charge in [0.2, 0.25) is 5.91 Å². The van der Waals surface area contributed by atoms with Crippen LogP contribution in [0.4, 0.5) is 5.69 Å². The van der Waals surface area contributed by atoms with E-state index in [4.69, 9.17) is 22.1 Å². The summed E-state index contributed by atoms with van der Waals surface area (Å²) >= 11 is 4.93. The standard InChI is InChI=1S/C37H33N4O7PS/c1-25(42)48-33(31-22-23-39(2)38-31)32-34(43)40(36(32)50)35(37(44)47-24-26-18-20-27(21-19-26)41(45)46)49(28-12-6-3-7-13-28,29-14-8-4-9-15-29)30-16-10-5-11-17-30/h3-23,32-33,36,50H,24H2,1-2H3. The topological polar surface area (TPSA) is 134 Å². The van der Waals surface area contributed by atoms with Gasteiger partial charge in [0, 0.05) is 39.2 Å². The zero-order valence-corrected chi connectivity index (χ0v) is 28.9. The van der Waals surface area contributed by atoms with E-state index in [0.717, 1.165) is 15.9 Å². The number of carbonyl (C=O) groups excluding carboxylic acids is 3. The van der Waals surface area contributed by atoms with Crippen LogP contribution in [0.3, 0.4) is 0 Å². The number of nitro groups is 1. The number of benzene rings is 4. The van der Waals surface area contributed by atoms with Gasteiger partial charge in [-0.3, -0.25) is 29.3 Å². The minimum absolute atomic E-state index is 0.0897. The average Bonchev–Trinajstić information content (AvgIpc) is 3.57. The molecule has 1 fully saturated rings. The number of hydrogen-bond acceptors (Lipinski definition) is 9. The molecule has 254 valence electrons. The molecule has 4 aromatic carbocycles. The number of aromatic nitrogens is 2. The molecule has 1 aliphatic rings. The highest BCUT2D eigenvalue weighted by atomic mass is 32.1. The van der Waals surface area contributed by atoms with Crippen LogP contribution < -0.4 is 15.9 Å². The Bertz CT molecular complexity index is 1990. The van der Waals surface area contributed by atoms with E-state index in [9.17, 15) is 24.5 Å². The first-order valence-electron chi connectivity index (χ1n) is 15.6. The number of esters is 2. The number of amides is 1. The van der Waals surface area contributed by atoms with Gasteiger partial charge >= 0.3 is 11.9 Å². The van der Waals surface area contributed by atoms with Crippen molar-refractivity contribution in [2.75, 3.05) is 0 Å². The van der Waals surface area contributed by atoms with Crippen LogP contribution >= 0.6 is 19.5 Å². The molecule has 5 aromatic rings. The van der Waals surface area contributed by atoms with Crippen molar-refractivity contribution in [1.82, 2.24) is 14.7 Å². The maximum atomic E-state index is 14.8. The summed E-state index contributed by atoms with van der Waals surface area (Å²) in [6, 6.07) is 35.9. The number of nitro benzene ring substituents is 1. The molecule has 3 atom stereocenters. The summed E-state index contributed by atoms with van der Waals surface area (Å²) in [6.07, 6.45) is 0.625. The fraction of sp³-hybridized carbons (Fsp3) is 0.162. The summed E-state index contributed by atoms with van der Waals surface area (Å²) in [5, 5.41) is 17.1. The van der Waals surface area contributed by atoms with Gasteiger partial charge in [0.15, 0.2) is 6.10 Å². The SMILES string of the molecule is CC(=O)OC(c1ccn(C)n1)C1C(=O)N(C(C(=O)OCc2ccc([N+](=O)[O-])cc2)=P(c2ccccc2)(c2ccccc2)c2ccccc2)C1S. The highest BCUT2D eigenvalue weighted by molar-refractivity contribution is 7.96. The van der Waals surface area contributed by atoms with Crippen molar-refractivity contribution in [3.05, 3.63) is 149 Å². The van der Waals surface area contributed by atoms with Gasteiger partial charge in [-0.2, -0.15) is 17.7 Å². The predicted molar refractivity (Wildman–Crippen MR) is 194 cm³/mol. The normalized spacial score (nSPS) is 16.2. The van der Waals surface area contributed by atoms with Gasteiger partial charge < -0.3 is 9.47 Å². The number of rotatable bonds is 11. The first kappa shape index (κ1) is 34.4. The van der Waals surface area contributed by atoms with Crippen molar-refractivity contribution in [3.8, 4) is 0 Å². The molecular weight excluding hydrogens is 675 g/mol. The Morgan fingerprint density at radius 2 is 1.40 bits per heavy atom. The summed E-state index contributed by atoms with van der Waals surface area (Å²) in [7, 11) is 1.71. The summed E-state index contributed by atoms with van der Waals surface area (Å²) in [5.74, 6) is -2.82. The number of likely N-dealkylation sites (tertiary alicyclic amines) is 1. The van der Waals surface area contributed by atoms with Crippen molar-refractivity contribution >= 4 is 64.4 Å². The monoisotopic (exact) mass is 708 g/mol. The van der Waals surface area contributed by atoms with Gasteiger partial charge in [-0.15, -0.1) is 0 Å². The lowest BCUT2D eigenvalue weighted by Crippen LogP contribution is -2.65. The maximum Gasteiger partial charge on any atom is 0.356 e. The molecule has 13 heteroatoms. The molecule has 1 aromatic heterocycles. The van der Waals surface area contributed by atoms with Crippen LogP contribution in [-0.4, -0.2) is 48.2 Å². The van der Waals surface area contributed by atoms with Crippen molar-refractivity contribution < 1.29 is 28.8 Å². The van der Waals surface area contributed by atoms with E-state index in [2.05, 4.69) is 5.10 Å². The summed E-state index contributed by atoms with van der Waals surface area (Å²) < 4.78 is 13.2. The number of aryl methyl sites for hydroxylation is 1. The van der Waals surface area contributed by atoms with E-state index in [1.807, 2.05) is 91.0 Å². The zero-order chi connectivity index (χ0) is 35.4. The second kappa shape index (κ2) is 14.6. The smallest absolute Gasteiger partial charge is 0.356 e. The maximum absolute atomic E-state index is 14.8. The molecule has 0 N–H and O–H groups in total. The second-order valence-corrected chi connectivity index (χ2v) is 15.4. The third-order valence-electron chi connectivity index (χ3n) is 8.43. The molecule has 1 aliphatic heterocycles. The van der Waals surface area contributed by atoms with Crippen LogP contribution in [-0.2, 0) is 37.5 Å². The number of ether oxygens (including phenoxy) is 2. The molecule has 0 radical (unpaired) electrons. The van der Waals surface area contributed by atoms with E-state index in [-0.39, 0.29) is 17.7 Å². The molecule has 6 rings (SSSR count). The largest absolute Gasteiger partial charge is 0.456 e. The van der Waals surface area contributed by atoms with Crippen LogP contribution in [0, 0.1) is 16.0 Å². The first-order chi connectivity index (χ1) is 24.1. The van der Waals surface area contributed by atoms with Crippen LogP contribution in [0.2, 0.25) is 0 Å². The second-order valence-electron chi connectivity index (χ2n) is 11.6. The molecule has 3 unspecified atom stereocenters. The van der Waals surface area contributed by atoms with Crippen molar-refractivity contribution in [2.24, 2.45) is 13.0 Å². The van der Waals surface area contributed by atoms with Gasteiger partial charge in [0.25, 0.3) is 5.69 Å². The van der Waals surface area contributed by atoms with E-state index in [0.29, 0.717) is 11.3 Å². The minimum atomic E-state index is -3.23. The van der Waals surface area contributed by atoms with Gasteiger partial charge in [-0.05, 0) is 39.7 Å². The summed E-state index contributed by atoms with van der Waals surface area (Å²) in [4.78, 5) is 53.8. The Balaban J connectivity index is 1.58. The number of carbonyl (C=O) groups is 3.